The first-order chi connectivity index (χ1) is 17.3. The maximum Gasteiger partial charge on any atom is 0.414 e. The van der Waals surface area contributed by atoms with Gasteiger partial charge in [-0.3, -0.25) is 9.69 Å². The molecule has 0 saturated heterocycles. The Morgan fingerprint density at radius 3 is 2.56 bits per heavy atom. The molecule has 2 heterocycles. The van der Waals surface area contributed by atoms with Gasteiger partial charge in [-0.1, -0.05) is 17.7 Å². The second kappa shape index (κ2) is 9.65. The predicted molar refractivity (Wildman–Crippen MR) is 141 cm³/mol. The average Bonchev–Trinajstić information content (AvgIpc) is 3.27. The SMILES string of the molecule is COC(=O)N1c2ccc3c(nc(N(C)c4cccc(Cl)c4)n3C3CCC(C(=O)O)CC3)c2CCC1C. The zero-order chi connectivity index (χ0) is 25.6. The van der Waals surface area contributed by atoms with Crippen molar-refractivity contribution in [3.63, 3.8) is 0 Å². The van der Waals surface area contributed by atoms with Crippen LogP contribution in [0.25, 0.3) is 11.0 Å². The summed E-state index contributed by atoms with van der Waals surface area (Å²) in [4.78, 5) is 33.1. The van der Waals surface area contributed by atoms with Crippen LogP contribution in [0.2, 0.25) is 5.02 Å². The van der Waals surface area contributed by atoms with E-state index in [0.717, 1.165) is 59.6 Å². The molecule has 0 spiro atoms. The van der Waals surface area contributed by atoms with Gasteiger partial charge < -0.3 is 19.3 Å². The highest BCUT2D eigenvalue weighted by Crippen LogP contribution is 2.43. The molecular weight excluding hydrogens is 480 g/mol. The lowest BCUT2D eigenvalue weighted by Crippen LogP contribution is -2.42. The van der Waals surface area contributed by atoms with E-state index in [1.54, 1.807) is 4.90 Å². The molecule has 190 valence electrons. The number of aromatic nitrogens is 2. The van der Waals surface area contributed by atoms with E-state index in [1.807, 2.05) is 55.3 Å². The minimum atomic E-state index is -0.716. The average molecular weight is 511 g/mol. The van der Waals surface area contributed by atoms with Gasteiger partial charge in [0.25, 0.3) is 0 Å². The van der Waals surface area contributed by atoms with Gasteiger partial charge in [0.1, 0.15) is 0 Å². The van der Waals surface area contributed by atoms with E-state index in [1.165, 1.54) is 7.11 Å². The Kier molecular flexibility index (Phi) is 6.55. The lowest BCUT2D eigenvalue weighted by molar-refractivity contribution is -0.143. The van der Waals surface area contributed by atoms with E-state index in [2.05, 4.69) is 4.57 Å². The fraction of sp³-hybridized carbons (Fsp3) is 0.444. The summed E-state index contributed by atoms with van der Waals surface area (Å²) in [6.07, 6.45) is 4.06. The number of aryl methyl sites for hydroxylation is 1. The number of aliphatic carboxylic acids is 1. The summed E-state index contributed by atoms with van der Waals surface area (Å²) in [7, 11) is 3.38. The Balaban J connectivity index is 1.66. The molecule has 0 bridgehead atoms. The lowest BCUT2D eigenvalue weighted by Gasteiger charge is -2.34. The van der Waals surface area contributed by atoms with Crippen molar-refractivity contribution in [2.45, 2.75) is 57.5 Å². The zero-order valence-electron chi connectivity index (χ0n) is 20.8. The highest BCUT2D eigenvalue weighted by Gasteiger charge is 2.34. The van der Waals surface area contributed by atoms with Crippen molar-refractivity contribution in [3.8, 4) is 0 Å². The summed E-state index contributed by atoms with van der Waals surface area (Å²) < 4.78 is 7.34. The number of anilines is 3. The number of nitrogens with zero attached hydrogens (tertiary/aromatic N) is 4. The summed E-state index contributed by atoms with van der Waals surface area (Å²) in [5, 5.41) is 10.1. The number of ether oxygens (including phenoxy) is 1. The molecule has 9 heteroatoms. The molecule has 1 atom stereocenters. The number of rotatable bonds is 4. The first-order valence-electron chi connectivity index (χ1n) is 12.4. The second-order valence-electron chi connectivity index (χ2n) is 9.82. The van der Waals surface area contributed by atoms with Crippen LogP contribution in [0, 0.1) is 5.92 Å². The molecular formula is C27H31ClN4O4. The molecule has 2 aliphatic rings. The third-order valence-electron chi connectivity index (χ3n) is 7.71. The number of hydrogen-bond acceptors (Lipinski definition) is 5. The third kappa shape index (κ3) is 4.17. The summed E-state index contributed by atoms with van der Waals surface area (Å²) in [5.74, 6) is -0.234. The Labute approximate surface area is 215 Å². The van der Waals surface area contributed by atoms with Gasteiger partial charge >= 0.3 is 12.1 Å². The van der Waals surface area contributed by atoms with E-state index in [4.69, 9.17) is 21.3 Å². The highest BCUT2D eigenvalue weighted by atomic mass is 35.5. The summed E-state index contributed by atoms with van der Waals surface area (Å²) in [6.45, 7) is 2.03. The maximum atomic E-state index is 12.6. The monoisotopic (exact) mass is 510 g/mol. The number of amides is 1. The van der Waals surface area contributed by atoms with E-state index >= 15 is 0 Å². The molecule has 2 aromatic carbocycles. The number of halogens is 1. The number of fused-ring (bicyclic) bond motifs is 3. The molecule has 1 unspecified atom stereocenters. The number of carboxylic acid groups (broad SMARTS) is 1. The van der Waals surface area contributed by atoms with Crippen LogP contribution >= 0.6 is 11.6 Å². The maximum absolute atomic E-state index is 12.6. The van der Waals surface area contributed by atoms with Crippen LogP contribution in [0.1, 0.15) is 50.6 Å². The van der Waals surface area contributed by atoms with Crippen molar-refractivity contribution < 1.29 is 19.4 Å². The molecule has 1 aliphatic heterocycles. The van der Waals surface area contributed by atoms with E-state index in [9.17, 15) is 14.7 Å². The van der Waals surface area contributed by atoms with Crippen LogP contribution < -0.4 is 9.80 Å². The molecule has 1 aromatic heterocycles. The van der Waals surface area contributed by atoms with Crippen LogP contribution in [0.15, 0.2) is 36.4 Å². The quantitative estimate of drug-likeness (QED) is 0.451. The van der Waals surface area contributed by atoms with Crippen molar-refractivity contribution in [1.29, 1.82) is 0 Å². The number of carbonyl (C=O) groups excluding carboxylic acids is 1. The molecule has 1 amide bonds. The fourth-order valence-electron chi connectivity index (χ4n) is 5.74. The molecule has 1 saturated carbocycles. The van der Waals surface area contributed by atoms with Gasteiger partial charge in [0.15, 0.2) is 0 Å². The Hall–Kier alpha value is -3.26. The van der Waals surface area contributed by atoms with Gasteiger partial charge in [0.2, 0.25) is 5.95 Å². The van der Waals surface area contributed by atoms with Gasteiger partial charge in [0, 0.05) is 35.4 Å². The number of methoxy groups -OCH3 is 1. The standard InChI is InChI=1S/C27H31ClN4O4/c1-16-7-12-21-22(31(16)27(35)36-3)13-14-23-24(21)29-26(30(2)20-6-4-5-18(28)15-20)32(23)19-10-8-17(9-11-19)25(33)34/h4-6,13-17,19H,7-12H2,1-3H3,(H,33,34). The normalized spacial score (nSPS) is 21.8. The zero-order valence-corrected chi connectivity index (χ0v) is 21.5. The smallest absolute Gasteiger partial charge is 0.414 e. The largest absolute Gasteiger partial charge is 0.481 e. The minimum absolute atomic E-state index is 0.0318. The van der Waals surface area contributed by atoms with Crippen molar-refractivity contribution in [2.75, 3.05) is 24.0 Å². The van der Waals surface area contributed by atoms with Gasteiger partial charge in [-0.25, -0.2) is 9.78 Å². The van der Waals surface area contributed by atoms with Gasteiger partial charge in [-0.15, -0.1) is 0 Å². The first-order valence-corrected chi connectivity index (χ1v) is 12.8. The molecule has 8 nitrogen and oxygen atoms in total. The molecule has 1 N–H and O–H groups in total. The molecule has 0 radical (unpaired) electrons. The Bertz CT molecular complexity index is 1310. The van der Waals surface area contributed by atoms with Crippen molar-refractivity contribution in [1.82, 2.24) is 9.55 Å². The van der Waals surface area contributed by atoms with Crippen LogP contribution in [0.4, 0.5) is 22.1 Å². The molecule has 3 aromatic rings. The second-order valence-corrected chi connectivity index (χ2v) is 10.3. The molecule has 1 aliphatic carbocycles. The number of benzene rings is 2. The summed E-state index contributed by atoms with van der Waals surface area (Å²) in [6, 6.07) is 11.8. The Morgan fingerprint density at radius 1 is 1.14 bits per heavy atom. The minimum Gasteiger partial charge on any atom is -0.481 e. The number of hydrogen-bond donors (Lipinski definition) is 1. The van der Waals surface area contributed by atoms with Crippen LogP contribution in [-0.2, 0) is 16.0 Å². The van der Waals surface area contributed by atoms with Crippen molar-refractivity contribution in [3.05, 3.63) is 47.0 Å². The predicted octanol–water partition coefficient (Wildman–Crippen LogP) is 6.18. The number of imidazole rings is 1. The number of carbonyl (C=O) groups is 2. The third-order valence-corrected chi connectivity index (χ3v) is 7.95. The highest BCUT2D eigenvalue weighted by molar-refractivity contribution is 6.30. The van der Waals surface area contributed by atoms with Crippen LogP contribution in [-0.4, -0.2) is 46.9 Å². The topological polar surface area (TPSA) is 87.9 Å². The summed E-state index contributed by atoms with van der Waals surface area (Å²) in [5.41, 5.74) is 4.66. The van der Waals surface area contributed by atoms with Crippen LogP contribution in [0.3, 0.4) is 0 Å². The van der Waals surface area contributed by atoms with E-state index in [0.29, 0.717) is 17.9 Å². The van der Waals surface area contributed by atoms with Gasteiger partial charge in [-0.05, 0) is 75.8 Å². The molecule has 1 fully saturated rings. The van der Waals surface area contributed by atoms with Crippen molar-refractivity contribution >= 4 is 52.0 Å². The van der Waals surface area contributed by atoms with Crippen molar-refractivity contribution in [2.24, 2.45) is 5.92 Å². The number of carboxylic acids is 1. The summed E-state index contributed by atoms with van der Waals surface area (Å²) >= 11 is 6.30. The fourth-order valence-corrected chi connectivity index (χ4v) is 5.92. The molecule has 5 rings (SSSR count). The van der Waals surface area contributed by atoms with Gasteiger partial charge in [-0.2, -0.15) is 0 Å². The molecule has 36 heavy (non-hydrogen) atoms. The van der Waals surface area contributed by atoms with E-state index in [-0.39, 0.29) is 24.1 Å². The van der Waals surface area contributed by atoms with Gasteiger partial charge in [0.05, 0.1) is 29.7 Å². The Morgan fingerprint density at radius 2 is 1.89 bits per heavy atom. The first kappa shape index (κ1) is 24.4. The lowest BCUT2D eigenvalue weighted by atomic mass is 9.86. The van der Waals surface area contributed by atoms with Crippen LogP contribution in [0.5, 0.6) is 0 Å². The van der Waals surface area contributed by atoms with E-state index < -0.39 is 5.97 Å².